The van der Waals surface area contributed by atoms with Crippen molar-refractivity contribution >= 4 is 5.91 Å². The molecule has 2 rings (SSSR count). The van der Waals surface area contributed by atoms with Gasteiger partial charge in [-0.3, -0.25) is 4.79 Å². The molecule has 0 saturated heterocycles. The van der Waals surface area contributed by atoms with Gasteiger partial charge in [-0.1, -0.05) is 48.5 Å². The Bertz CT molecular complexity index is 572. The summed E-state index contributed by atoms with van der Waals surface area (Å²) in [5.74, 6) is 0.368. The van der Waals surface area contributed by atoms with Gasteiger partial charge in [-0.05, 0) is 24.7 Å². The van der Waals surface area contributed by atoms with Gasteiger partial charge in [0.25, 0.3) is 0 Å². The van der Waals surface area contributed by atoms with E-state index in [1.54, 1.807) is 7.05 Å². The number of ether oxygens (including phenoxy) is 1. The van der Waals surface area contributed by atoms with Crippen LogP contribution in [0.1, 0.15) is 12.0 Å². The Morgan fingerprint density at radius 2 is 1.67 bits per heavy atom. The van der Waals surface area contributed by atoms with Gasteiger partial charge in [-0.2, -0.15) is 0 Å². The summed E-state index contributed by atoms with van der Waals surface area (Å²) in [5, 5.41) is 3.06. The molecule has 0 radical (unpaired) electrons. The first-order chi connectivity index (χ1) is 10.2. The van der Waals surface area contributed by atoms with Gasteiger partial charge < -0.3 is 15.8 Å². The Balaban J connectivity index is 2.12. The highest BCUT2D eigenvalue weighted by atomic mass is 16.5. The van der Waals surface area contributed by atoms with Gasteiger partial charge in [0.1, 0.15) is 11.3 Å². The maximum absolute atomic E-state index is 12.0. The maximum Gasteiger partial charge on any atom is 0.242 e. The molecule has 0 spiro atoms. The lowest BCUT2D eigenvalue weighted by molar-refractivity contribution is -0.125. The average Bonchev–Trinajstić information content (AvgIpc) is 2.53. The van der Waals surface area contributed by atoms with E-state index < -0.39 is 11.4 Å². The lowest BCUT2D eigenvalue weighted by atomic mass is 9.86. The maximum atomic E-state index is 12.0. The number of hydrogen-bond acceptors (Lipinski definition) is 3. The monoisotopic (exact) mass is 284 g/mol. The number of nitrogens with two attached hydrogens (primary N) is 1. The Labute approximate surface area is 124 Å². The number of amides is 1. The number of likely N-dealkylation sites (N-methyl/N-ethyl adjacent to an activating group) is 1. The SMILES string of the molecule is CNC(CCOc1ccccc1)(C(N)=O)c1ccccc1. The predicted molar refractivity (Wildman–Crippen MR) is 82.9 cm³/mol. The van der Waals surface area contributed by atoms with E-state index in [1.807, 2.05) is 60.7 Å². The van der Waals surface area contributed by atoms with E-state index in [4.69, 9.17) is 10.5 Å². The number of benzene rings is 2. The number of para-hydroxylation sites is 1. The minimum atomic E-state index is -0.921. The van der Waals surface area contributed by atoms with Crippen molar-refractivity contribution in [3.8, 4) is 5.75 Å². The van der Waals surface area contributed by atoms with Crippen molar-refractivity contribution in [1.82, 2.24) is 5.32 Å². The van der Waals surface area contributed by atoms with Crippen molar-refractivity contribution in [3.05, 3.63) is 66.2 Å². The first-order valence-electron chi connectivity index (χ1n) is 6.91. The normalized spacial score (nSPS) is 13.4. The molecule has 3 N–H and O–H groups in total. The van der Waals surface area contributed by atoms with E-state index in [0.29, 0.717) is 13.0 Å². The zero-order valence-electron chi connectivity index (χ0n) is 12.1. The Kier molecular flexibility index (Phi) is 4.95. The largest absolute Gasteiger partial charge is 0.493 e. The Hall–Kier alpha value is -2.33. The third kappa shape index (κ3) is 3.41. The summed E-state index contributed by atoms with van der Waals surface area (Å²) in [6, 6.07) is 19.0. The van der Waals surface area contributed by atoms with Crippen LogP contribution in [0.2, 0.25) is 0 Å². The first-order valence-corrected chi connectivity index (χ1v) is 6.91. The Morgan fingerprint density at radius 1 is 1.10 bits per heavy atom. The quantitative estimate of drug-likeness (QED) is 0.818. The van der Waals surface area contributed by atoms with Crippen LogP contribution in [-0.4, -0.2) is 19.6 Å². The van der Waals surface area contributed by atoms with E-state index in [1.165, 1.54) is 0 Å². The minimum absolute atomic E-state index is 0.392. The Morgan fingerprint density at radius 3 is 2.19 bits per heavy atom. The van der Waals surface area contributed by atoms with E-state index >= 15 is 0 Å². The van der Waals surface area contributed by atoms with Gasteiger partial charge in [0.05, 0.1) is 6.61 Å². The highest BCUT2D eigenvalue weighted by Crippen LogP contribution is 2.25. The second kappa shape index (κ2) is 6.90. The van der Waals surface area contributed by atoms with Gasteiger partial charge in [-0.15, -0.1) is 0 Å². The van der Waals surface area contributed by atoms with E-state index in [2.05, 4.69) is 5.32 Å². The summed E-state index contributed by atoms with van der Waals surface area (Å²) in [6.07, 6.45) is 0.456. The molecule has 0 aliphatic heterocycles. The molecule has 4 heteroatoms. The molecule has 0 fully saturated rings. The topological polar surface area (TPSA) is 64.3 Å². The summed E-state index contributed by atoms with van der Waals surface area (Å²) in [7, 11) is 1.74. The molecule has 0 aliphatic rings. The van der Waals surface area contributed by atoms with Crippen molar-refractivity contribution in [2.75, 3.05) is 13.7 Å². The molecule has 2 aromatic carbocycles. The molecule has 0 aliphatic carbocycles. The van der Waals surface area contributed by atoms with Crippen LogP contribution in [0.3, 0.4) is 0 Å². The summed E-state index contributed by atoms with van der Waals surface area (Å²) in [6.45, 7) is 0.392. The first kappa shape index (κ1) is 15.1. The van der Waals surface area contributed by atoms with E-state index in [-0.39, 0.29) is 0 Å². The molecule has 1 unspecified atom stereocenters. The van der Waals surface area contributed by atoms with Gasteiger partial charge in [-0.25, -0.2) is 0 Å². The molecular formula is C17H20N2O2. The number of hydrogen-bond donors (Lipinski definition) is 2. The molecular weight excluding hydrogens is 264 g/mol. The number of primary amides is 1. The number of nitrogens with one attached hydrogen (secondary N) is 1. The molecule has 0 bridgehead atoms. The zero-order chi connectivity index (χ0) is 15.1. The highest BCUT2D eigenvalue weighted by Gasteiger charge is 2.36. The van der Waals surface area contributed by atoms with Gasteiger partial charge in [0, 0.05) is 6.42 Å². The fourth-order valence-electron chi connectivity index (χ4n) is 2.36. The van der Waals surface area contributed by atoms with Crippen molar-refractivity contribution < 1.29 is 9.53 Å². The zero-order valence-corrected chi connectivity index (χ0v) is 12.1. The molecule has 0 heterocycles. The molecule has 1 atom stereocenters. The molecule has 0 saturated carbocycles. The summed E-state index contributed by atoms with van der Waals surface area (Å²) >= 11 is 0. The summed E-state index contributed by atoms with van der Waals surface area (Å²) < 4.78 is 5.69. The highest BCUT2D eigenvalue weighted by molar-refractivity contribution is 5.86. The number of rotatable bonds is 7. The van der Waals surface area contributed by atoms with Crippen LogP contribution < -0.4 is 15.8 Å². The number of carbonyl (C=O) groups is 1. The van der Waals surface area contributed by atoms with Crippen LogP contribution in [0.4, 0.5) is 0 Å². The molecule has 2 aromatic rings. The lowest BCUT2D eigenvalue weighted by Gasteiger charge is -2.30. The molecule has 1 amide bonds. The summed E-state index contributed by atoms with van der Waals surface area (Å²) in [4.78, 5) is 12.0. The third-order valence-corrected chi connectivity index (χ3v) is 3.60. The second-order valence-electron chi connectivity index (χ2n) is 4.80. The second-order valence-corrected chi connectivity index (χ2v) is 4.80. The van der Waals surface area contributed by atoms with Gasteiger partial charge in [0.2, 0.25) is 5.91 Å². The van der Waals surface area contributed by atoms with Crippen LogP contribution in [0, 0.1) is 0 Å². The smallest absolute Gasteiger partial charge is 0.242 e. The van der Waals surface area contributed by atoms with Gasteiger partial charge in [0.15, 0.2) is 0 Å². The molecule has 0 aromatic heterocycles. The van der Waals surface area contributed by atoms with Crippen LogP contribution in [0.25, 0.3) is 0 Å². The molecule has 21 heavy (non-hydrogen) atoms. The fourth-order valence-corrected chi connectivity index (χ4v) is 2.36. The van der Waals surface area contributed by atoms with Crippen molar-refractivity contribution in [2.24, 2.45) is 5.73 Å². The van der Waals surface area contributed by atoms with Crippen molar-refractivity contribution in [2.45, 2.75) is 12.0 Å². The lowest BCUT2D eigenvalue weighted by Crippen LogP contribution is -2.52. The minimum Gasteiger partial charge on any atom is -0.493 e. The third-order valence-electron chi connectivity index (χ3n) is 3.60. The van der Waals surface area contributed by atoms with Crippen LogP contribution in [0.5, 0.6) is 5.75 Å². The van der Waals surface area contributed by atoms with Crippen LogP contribution in [-0.2, 0) is 10.3 Å². The fraction of sp³-hybridized carbons (Fsp3) is 0.235. The predicted octanol–water partition coefficient (Wildman–Crippen LogP) is 2.06. The van der Waals surface area contributed by atoms with Crippen molar-refractivity contribution in [3.63, 3.8) is 0 Å². The molecule has 110 valence electrons. The van der Waals surface area contributed by atoms with Crippen LogP contribution >= 0.6 is 0 Å². The summed E-state index contributed by atoms with van der Waals surface area (Å²) in [5.41, 5.74) is 5.56. The standard InChI is InChI=1S/C17H20N2O2/c1-19-17(16(18)20,14-8-4-2-5-9-14)12-13-21-15-10-6-3-7-11-15/h2-11,19H,12-13H2,1H3,(H2,18,20). The van der Waals surface area contributed by atoms with E-state index in [0.717, 1.165) is 11.3 Å². The van der Waals surface area contributed by atoms with E-state index in [9.17, 15) is 4.79 Å². The number of carbonyl (C=O) groups excluding carboxylic acids is 1. The van der Waals surface area contributed by atoms with Crippen LogP contribution in [0.15, 0.2) is 60.7 Å². The molecule has 4 nitrogen and oxygen atoms in total. The van der Waals surface area contributed by atoms with Gasteiger partial charge >= 0.3 is 0 Å². The van der Waals surface area contributed by atoms with Crippen molar-refractivity contribution in [1.29, 1.82) is 0 Å². The average molecular weight is 284 g/mol.